The first-order valence-electron chi connectivity index (χ1n) is 6.87. The monoisotopic (exact) mass is 370 g/mol. The SMILES string of the molecule is NC(=O)C(=CC=Cc1ccccc1)NC(=O)c1ccccc1Br. The minimum Gasteiger partial charge on any atom is -0.364 e. The van der Waals surface area contributed by atoms with E-state index in [0.29, 0.717) is 10.0 Å². The molecule has 0 unspecified atom stereocenters. The molecule has 0 heterocycles. The van der Waals surface area contributed by atoms with Crippen LogP contribution in [0.3, 0.4) is 0 Å². The first-order chi connectivity index (χ1) is 11.1. The molecule has 2 aromatic carbocycles. The van der Waals surface area contributed by atoms with E-state index < -0.39 is 11.8 Å². The van der Waals surface area contributed by atoms with E-state index in [1.807, 2.05) is 36.4 Å². The smallest absolute Gasteiger partial charge is 0.265 e. The van der Waals surface area contributed by atoms with Crippen LogP contribution in [0.4, 0.5) is 0 Å². The number of halogens is 1. The molecule has 5 heteroatoms. The minimum atomic E-state index is -0.705. The van der Waals surface area contributed by atoms with E-state index in [4.69, 9.17) is 5.73 Å². The van der Waals surface area contributed by atoms with Crippen LogP contribution in [0.5, 0.6) is 0 Å². The van der Waals surface area contributed by atoms with Crippen LogP contribution in [0.15, 0.2) is 76.9 Å². The summed E-state index contributed by atoms with van der Waals surface area (Å²) in [6.45, 7) is 0. The maximum absolute atomic E-state index is 12.2. The van der Waals surface area contributed by atoms with Crippen LogP contribution < -0.4 is 11.1 Å². The lowest BCUT2D eigenvalue weighted by molar-refractivity contribution is -0.114. The average molecular weight is 371 g/mol. The van der Waals surface area contributed by atoms with Crippen molar-refractivity contribution in [1.29, 1.82) is 0 Å². The standard InChI is InChI=1S/C18H15BrN2O2/c19-15-11-5-4-10-14(15)18(23)21-16(17(20)22)12-6-9-13-7-2-1-3-8-13/h1-12H,(H2,20,22)(H,21,23). The van der Waals surface area contributed by atoms with Gasteiger partial charge < -0.3 is 11.1 Å². The molecule has 2 amide bonds. The van der Waals surface area contributed by atoms with E-state index in [9.17, 15) is 9.59 Å². The zero-order valence-corrected chi connectivity index (χ0v) is 13.8. The molecule has 0 atom stereocenters. The number of amides is 2. The second-order valence-corrected chi connectivity index (χ2v) is 5.50. The summed E-state index contributed by atoms with van der Waals surface area (Å²) < 4.78 is 0.640. The van der Waals surface area contributed by atoms with Crippen molar-refractivity contribution < 1.29 is 9.59 Å². The maximum Gasteiger partial charge on any atom is 0.265 e. The third kappa shape index (κ3) is 4.93. The largest absolute Gasteiger partial charge is 0.364 e. The van der Waals surface area contributed by atoms with Crippen molar-refractivity contribution in [2.24, 2.45) is 5.73 Å². The first-order valence-corrected chi connectivity index (χ1v) is 7.66. The molecule has 0 fully saturated rings. The molecule has 2 rings (SSSR count). The Hall–Kier alpha value is -2.66. The third-order valence-corrected chi connectivity index (χ3v) is 3.67. The summed E-state index contributed by atoms with van der Waals surface area (Å²) in [4.78, 5) is 23.7. The Labute approximate surface area is 142 Å². The Morgan fingerprint density at radius 1 is 1.00 bits per heavy atom. The van der Waals surface area contributed by atoms with Crippen molar-refractivity contribution in [2.45, 2.75) is 0 Å². The number of hydrogen-bond acceptors (Lipinski definition) is 2. The number of carbonyl (C=O) groups excluding carboxylic acids is 2. The summed E-state index contributed by atoms with van der Waals surface area (Å²) >= 11 is 3.30. The van der Waals surface area contributed by atoms with Gasteiger partial charge in [0.25, 0.3) is 11.8 Å². The van der Waals surface area contributed by atoms with E-state index in [1.54, 1.807) is 30.3 Å². The molecule has 0 saturated heterocycles. The number of allylic oxidation sites excluding steroid dienone is 2. The second-order valence-electron chi connectivity index (χ2n) is 4.65. The van der Waals surface area contributed by atoms with Crippen LogP contribution in [0.2, 0.25) is 0 Å². The van der Waals surface area contributed by atoms with Crippen LogP contribution in [0.1, 0.15) is 15.9 Å². The second kappa shape index (κ2) is 8.10. The highest BCUT2D eigenvalue weighted by Gasteiger charge is 2.13. The fourth-order valence-corrected chi connectivity index (χ4v) is 2.30. The van der Waals surface area contributed by atoms with Crippen molar-refractivity contribution in [3.8, 4) is 0 Å². The van der Waals surface area contributed by atoms with Gasteiger partial charge in [-0.05, 0) is 39.7 Å². The molecular formula is C18H15BrN2O2. The Morgan fingerprint density at radius 3 is 2.30 bits per heavy atom. The van der Waals surface area contributed by atoms with E-state index in [1.165, 1.54) is 6.08 Å². The topological polar surface area (TPSA) is 72.2 Å². The fraction of sp³-hybridized carbons (Fsp3) is 0. The van der Waals surface area contributed by atoms with Gasteiger partial charge in [0.15, 0.2) is 0 Å². The lowest BCUT2D eigenvalue weighted by Crippen LogP contribution is -2.31. The van der Waals surface area contributed by atoms with Gasteiger partial charge in [-0.2, -0.15) is 0 Å². The van der Waals surface area contributed by atoms with E-state index >= 15 is 0 Å². The Balaban J connectivity index is 2.14. The van der Waals surface area contributed by atoms with Gasteiger partial charge in [-0.25, -0.2) is 0 Å². The summed E-state index contributed by atoms with van der Waals surface area (Å²) in [6, 6.07) is 16.5. The molecule has 0 spiro atoms. The lowest BCUT2D eigenvalue weighted by atomic mass is 10.2. The number of rotatable bonds is 5. The summed E-state index contributed by atoms with van der Waals surface area (Å²) in [5, 5.41) is 2.53. The predicted molar refractivity (Wildman–Crippen MR) is 94.4 cm³/mol. The highest BCUT2D eigenvalue weighted by molar-refractivity contribution is 9.10. The third-order valence-electron chi connectivity index (χ3n) is 2.98. The normalized spacial score (nSPS) is 11.4. The van der Waals surface area contributed by atoms with Crippen LogP contribution in [-0.2, 0) is 4.79 Å². The average Bonchev–Trinajstić information content (AvgIpc) is 2.55. The predicted octanol–water partition coefficient (Wildman–Crippen LogP) is 3.26. The van der Waals surface area contributed by atoms with Crippen LogP contribution in [-0.4, -0.2) is 11.8 Å². The van der Waals surface area contributed by atoms with Crippen molar-refractivity contribution in [3.05, 3.63) is 88.0 Å². The van der Waals surface area contributed by atoms with E-state index in [2.05, 4.69) is 21.2 Å². The van der Waals surface area contributed by atoms with Crippen molar-refractivity contribution in [1.82, 2.24) is 5.32 Å². The number of hydrogen-bond donors (Lipinski definition) is 2. The molecule has 0 aliphatic carbocycles. The van der Waals surface area contributed by atoms with Crippen molar-refractivity contribution in [2.75, 3.05) is 0 Å². The van der Waals surface area contributed by atoms with Gasteiger partial charge in [0.1, 0.15) is 5.70 Å². The number of carbonyl (C=O) groups is 2. The quantitative estimate of drug-likeness (QED) is 0.626. The minimum absolute atomic E-state index is 0.0259. The summed E-state index contributed by atoms with van der Waals surface area (Å²) in [5.41, 5.74) is 6.74. The van der Waals surface area contributed by atoms with Gasteiger partial charge in [0.05, 0.1) is 5.56 Å². The molecule has 0 radical (unpaired) electrons. The Bertz CT molecular complexity index is 768. The number of nitrogens with two attached hydrogens (primary N) is 1. The zero-order chi connectivity index (χ0) is 16.7. The number of benzene rings is 2. The molecule has 0 aliphatic rings. The molecule has 0 aromatic heterocycles. The van der Waals surface area contributed by atoms with Gasteiger partial charge in [-0.1, -0.05) is 54.6 Å². The van der Waals surface area contributed by atoms with E-state index in [0.717, 1.165) is 5.56 Å². The highest BCUT2D eigenvalue weighted by atomic mass is 79.9. The lowest BCUT2D eigenvalue weighted by Gasteiger charge is -2.07. The molecule has 0 aliphatic heterocycles. The molecule has 0 saturated carbocycles. The van der Waals surface area contributed by atoms with Crippen LogP contribution in [0, 0.1) is 0 Å². The van der Waals surface area contributed by atoms with Gasteiger partial charge in [-0.3, -0.25) is 9.59 Å². The van der Waals surface area contributed by atoms with E-state index in [-0.39, 0.29) is 5.70 Å². The molecule has 4 nitrogen and oxygen atoms in total. The number of nitrogens with one attached hydrogen (secondary N) is 1. The highest BCUT2D eigenvalue weighted by Crippen LogP contribution is 2.15. The summed E-state index contributed by atoms with van der Waals surface area (Å²) in [5.74, 6) is -1.11. The Kier molecular flexibility index (Phi) is 5.88. The molecule has 0 bridgehead atoms. The number of primary amides is 1. The van der Waals surface area contributed by atoms with Crippen molar-refractivity contribution in [3.63, 3.8) is 0 Å². The molecular weight excluding hydrogens is 356 g/mol. The Morgan fingerprint density at radius 2 is 1.65 bits per heavy atom. The molecule has 23 heavy (non-hydrogen) atoms. The molecule has 3 N–H and O–H groups in total. The summed E-state index contributed by atoms with van der Waals surface area (Å²) in [6.07, 6.45) is 4.95. The van der Waals surface area contributed by atoms with Crippen molar-refractivity contribution >= 4 is 33.8 Å². The zero-order valence-electron chi connectivity index (χ0n) is 12.2. The van der Waals surface area contributed by atoms with Crippen LogP contribution >= 0.6 is 15.9 Å². The van der Waals surface area contributed by atoms with Gasteiger partial charge in [0.2, 0.25) is 0 Å². The summed E-state index contributed by atoms with van der Waals surface area (Å²) in [7, 11) is 0. The molecule has 2 aromatic rings. The van der Waals surface area contributed by atoms with Crippen LogP contribution in [0.25, 0.3) is 6.08 Å². The fourth-order valence-electron chi connectivity index (χ4n) is 1.84. The molecule has 116 valence electrons. The maximum atomic E-state index is 12.2. The van der Waals surface area contributed by atoms with Gasteiger partial charge in [-0.15, -0.1) is 0 Å². The van der Waals surface area contributed by atoms with Gasteiger partial charge >= 0.3 is 0 Å². The van der Waals surface area contributed by atoms with Gasteiger partial charge in [0, 0.05) is 4.47 Å². The first kappa shape index (κ1) is 16.7.